The first-order valence-electron chi connectivity index (χ1n) is 10.4. The van der Waals surface area contributed by atoms with Gasteiger partial charge in [0, 0.05) is 12.0 Å². The normalized spacial score (nSPS) is 17.5. The summed E-state index contributed by atoms with van der Waals surface area (Å²) in [5.41, 5.74) is 5.08. The Kier molecular flexibility index (Phi) is 5.11. The molecule has 5 rings (SSSR count). The number of rotatable bonds is 5. The van der Waals surface area contributed by atoms with Crippen LogP contribution >= 0.6 is 0 Å². The molecular formula is C24H23N3O4S. The van der Waals surface area contributed by atoms with E-state index < -0.39 is 10.0 Å². The van der Waals surface area contributed by atoms with Crippen molar-refractivity contribution in [3.63, 3.8) is 0 Å². The highest BCUT2D eigenvalue weighted by Crippen LogP contribution is 2.39. The van der Waals surface area contributed by atoms with Gasteiger partial charge in [-0.2, -0.15) is 5.10 Å². The third kappa shape index (κ3) is 3.83. The first kappa shape index (κ1) is 20.5. The summed E-state index contributed by atoms with van der Waals surface area (Å²) in [4.78, 5) is 0.0734. The average Bonchev–Trinajstić information content (AvgIpc) is 3.45. The van der Waals surface area contributed by atoms with Crippen molar-refractivity contribution in [3.05, 3.63) is 83.4 Å². The van der Waals surface area contributed by atoms with Crippen molar-refractivity contribution in [3.8, 4) is 11.5 Å². The lowest BCUT2D eigenvalue weighted by molar-refractivity contribution is 0.174. The largest absolute Gasteiger partial charge is 0.454 e. The number of primary sulfonamides is 1. The van der Waals surface area contributed by atoms with Crippen LogP contribution < -0.4 is 19.6 Å². The van der Waals surface area contributed by atoms with Crippen LogP contribution in [0.5, 0.6) is 11.5 Å². The number of hydrogen-bond donors (Lipinski definition) is 1. The molecule has 2 N–H and O–H groups in total. The molecule has 0 amide bonds. The number of anilines is 1. The van der Waals surface area contributed by atoms with E-state index in [0.29, 0.717) is 12.2 Å². The van der Waals surface area contributed by atoms with E-state index in [4.69, 9.17) is 19.7 Å². The molecule has 2 aliphatic heterocycles. The highest BCUT2D eigenvalue weighted by atomic mass is 32.2. The van der Waals surface area contributed by atoms with Gasteiger partial charge in [-0.3, -0.25) is 5.01 Å². The molecule has 8 heteroatoms. The third-order valence-electron chi connectivity index (χ3n) is 5.82. The minimum atomic E-state index is -3.76. The topological polar surface area (TPSA) is 94.2 Å². The highest BCUT2D eigenvalue weighted by molar-refractivity contribution is 7.89. The minimum Gasteiger partial charge on any atom is -0.454 e. The molecule has 3 aromatic carbocycles. The van der Waals surface area contributed by atoms with E-state index in [2.05, 4.69) is 31.2 Å². The number of nitrogens with zero attached hydrogens (tertiary/aromatic N) is 2. The summed E-state index contributed by atoms with van der Waals surface area (Å²) < 4.78 is 34.3. The number of benzene rings is 3. The van der Waals surface area contributed by atoms with E-state index >= 15 is 0 Å². The molecule has 0 fully saturated rings. The van der Waals surface area contributed by atoms with Crippen molar-refractivity contribution in [2.45, 2.75) is 30.7 Å². The van der Waals surface area contributed by atoms with E-state index in [0.717, 1.165) is 34.7 Å². The molecule has 0 spiro atoms. The lowest BCUT2D eigenvalue weighted by Crippen LogP contribution is -2.19. The Morgan fingerprint density at radius 2 is 1.72 bits per heavy atom. The maximum atomic E-state index is 11.7. The van der Waals surface area contributed by atoms with Crippen LogP contribution in [0.15, 0.2) is 76.7 Å². The monoisotopic (exact) mass is 449 g/mol. The molecule has 164 valence electrons. The van der Waals surface area contributed by atoms with Gasteiger partial charge >= 0.3 is 0 Å². The van der Waals surface area contributed by atoms with Crippen LogP contribution in [0.1, 0.15) is 36.1 Å². The Bertz CT molecular complexity index is 1290. The number of nitrogens with two attached hydrogens (primary N) is 1. The Morgan fingerprint density at radius 1 is 1.00 bits per heavy atom. The predicted molar refractivity (Wildman–Crippen MR) is 123 cm³/mol. The van der Waals surface area contributed by atoms with Gasteiger partial charge in [-0.15, -0.1) is 0 Å². The molecule has 2 heterocycles. The molecule has 3 aromatic rings. The van der Waals surface area contributed by atoms with Crippen molar-refractivity contribution >= 4 is 21.4 Å². The van der Waals surface area contributed by atoms with Crippen molar-refractivity contribution < 1.29 is 17.9 Å². The SMILES string of the molecule is CCc1ccc(C2CC(c3ccc4c(c3)OCO4)=NN2c2ccc(S(N)(=O)=O)cc2)cc1. The van der Waals surface area contributed by atoms with Gasteiger partial charge in [0.05, 0.1) is 22.3 Å². The minimum absolute atomic E-state index is 0.0262. The van der Waals surface area contributed by atoms with Crippen molar-refractivity contribution in [2.24, 2.45) is 10.2 Å². The molecule has 0 radical (unpaired) electrons. The summed E-state index contributed by atoms with van der Waals surface area (Å²) in [5.74, 6) is 1.44. The quantitative estimate of drug-likeness (QED) is 0.636. The third-order valence-corrected chi connectivity index (χ3v) is 6.75. The highest BCUT2D eigenvalue weighted by Gasteiger charge is 2.31. The fourth-order valence-electron chi connectivity index (χ4n) is 4.02. The number of ether oxygens (including phenoxy) is 2. The molecule has 0 aromatic heterocycles. The molecule has 0 bridgehead atoms. The molecule has 7 nitrogen and oxygen atoms in total. The lowest BCUT2D eigenvalue weighted by Gasteiger charge is -2.24. The molecule has 32 heavy (non-hydrogen) atoms. The fraction of sp³-hybridized carbons (Fsp3) is 0.208. The zero-order chi connectivity index (χ0) is 22.3. The van der Waals surface area contributed by atoms with Crippen molar-refractivity contribution in [2.75, 3.05) is 11.8 Å². The Balaban J connectivity index is 1.53. The number of sulfonamides is 1. The average molecular weight is 450 g/mol. The van der Waals surface area contributed by atoms with E-state index in [1.165, 1.54) is 17.7 Å². The number of fused-ring (bicyclic) bond motifs is 1. The van der Waals surface area contributed by atoms with Gasteiger partial charge in [0.15, 0.2) is 11.5 Å². The maximum Gasteiger partial charge on any atom is 0.238 e. The number of aryl methyl sites for hydroxylation is 1. The van der Waals surface area contributed by atoms with Gasteiger partial charge in [-0.05, 0) is 60.0 Å². The number of hydrazone groups is 1. The van der Waals surface area contributed by atoms with Crippen LogP contribution in [-0.2, 0) is 16.4 Å². The standard InChI is InChI=1S/C24H23N3O4S/c1-2-16-3-5-17(6-4-16)22-14-21(18-7-12-23-24(13-18)31-15-30-23)26-27(22)19-8-10-20(11-9-19)32(25,28)29/h3-13,22H,2,14-15H2,1H3,(H2,25,28,29). The second-order valence-corrected chi connectivity index (χ2v) is 9.37. The Labute approximate surface area is 187 Å². The van der Waals surface area contributed by atoms with E-state index in [-0.39, 0.29) is 17.7 Å². The predicted octanol–water partition coefficient (Wildman–Crippen LogP) is 3.98. The smallest absolute Gasteiger partial charge is 0.238 e. The second-order valence-electron chi connectivity index (χ2n) is 7.81. The summed E-state index contributed by atoms with van der Waals surface area (Å²) >= 11 is 0. The fourth-order valence-corrected chi connectivity index (χ4v) is 4.54. The summed E-state index contributed by atoms with van der Waals surface area (Å²) in [5, 5.41) is 12.1. The van der Waals surface area contributed by atoms with Gasteiger partial charge in [0.1, 0.15) is 0 Å². The van der Waals surface area contributed by atoms with Gasteiger partial charge < -0.3 is 9.47 Å². The zero-order valence-corrected chi connectivity index (χ0v) is 18.4. The molecule has 1 unspecified atom stereocenters. The number of hydrogen-bond acceptors (Lipinski definition) is 6. The van der Waals surface area contributed by atoms with E-state index in [1.54, 1.807) is 12.1 Å². The van der Waals surface area contributed by atoms with Gasteiger partial charge in [-0.1, -0.05) is 31.2 Å². The summed E-state index contributed by atoms with van der Waals surface area (Å²) in [6.45, 7) is 2.35. The van der Waals surface area contributed by atoms with Crippen LogP contribution in [0.4, 0.5) is 5.69 Å². The van der Waals surface area contributed by atoms with Crippen LogP contribution in [-0.4, -0.2) is 20.9 Å². The summed E-state index contributed by atoms with van der Waals surface area (Å²) in [6.07, 6.45) is 1.67. The second kappa shape index (κ2) is 7.96. The van der Waals surface area contributed by atoms with Crippen LogP contribution in [0.2, 0.25) is 0 Å². The maximum absolute atomic E-state index is 11.7. The molecular weight excluding hydrogens is 426 g/mol. The summed E-state index contributed by atoms with van der Waals surface area (Å²) in [7, 11) is -3.76. The van der Waals surface area contributed by atoms with Crippen LogP contribution in [0.25, 0.3) is 0 Å². The Hall–Kier alpha value is -3.36. The molecule has 0 aliphatic carbocycles. The van der Waals surface area contributed by atoms with Crippen molar-refractivity contribution in [1.29, 1.82) is 0 Å². The first-order valence-corrected chi connectivity index (χ1v) is 12.0. The van der Waals surface area contributed by atoms with E-state index in [1.807, 2.05) is 23.2 Å². The van der Waals surface area contributed by atoms with E-state index in [9.17, 15) is 8.42 Å². The Morgan fingerprint density at radius 3 is 2.41 bits per heavy atom. The zero-order valence-electron chi connectivity index (χ0n) is 17.6. The molecule has 0 saturated carbocycles. The van der Waals surface area contributed by atoms with Gasteiger partial charge in [0.2, 0.25) is 16.8 Å². The van der Waals surface area contributed by atoms with Gasteiger partial charge in [0.25, 0.3) is 0 Å². The molecule has 2 aliphatic rings. The van der Waals surface area contributed by atoms with Gasteiger partial charge in [-0.25, -0.2) is 13.6 Å². The molecule has 0 saturated heterocycles. The lowest BCUT2D eigenvalue weighted by atomic mass is 9.97. The molecule has 1 atom stereocenters. The first-order chi connectivity index (χ1) is 15.4. The van der Waals surface area contributed by atoms with Crippen molar-refractivity contribution in [1.82, 2.24) is 0 Å². The summed E-state index contributed by atoms with van der Waals surface area (Å²) in [6, 6.07) is 20.8. The van der Waals surface area contributed by atoms with Crippen LogP contribution in [0, 0.1) is 0 Å². The van der Waals surface area contributed by atoms with Crippen LogP contribution in [0.3, 0.4) is 0 Å².